The maximum Gasteiger partial charge on any atom is 0.220 e. The first-order valence-electron chi connectivity index (χ1n) is 6.09. The van der Waals surface area contributed by atoms with Gasteiger partial charge >= 0.3 is 0 Å². The van der Waals surface area contributed by atoms with Crippen LogP contribution in [-0.4, -0.2) is 11.5 Å². The molecular weight excluding hydrogens is 214 g/mol. The van der Waals surface area contributed by atoms with Crippen molar-refractivity contribution in [3.63, 3.8) is 0 Å². The van der Waals surface area contributed by atoms with Crippen molar-refractivity contribution < 1.29 is 9.53 Å². The molecule has 1 heterocycles. The fraction of sp³-hybridized carbons (Fsp3) is 0.500. The number of para-hydroxylation sites is 1. The quantitative estimate of drug-likeness (QED) is 0.853. The highest BCUT2D eigenvalue weighted by Gasteiger charge is 2.33. The first kappa shape index (κ1) is 12.0. The predicted octanol–water partition coefficient (Wildman–Crippen LogP) is 2.82. The Kier molecular flexibility index (Phi) is 3.09. The molecule has 1 aliphatic rings. The van der Waals surface area contributed by atoms with Gasteiger partial charge in [0.15, 0.2) is 0 Å². The fourth-order valence-electron chi connectivity index (χ4n) is 2.23. The average molecular weight is 233 g/mol. The lowest BCUT2D eigenvalue weighted by Crippen LogP contribution is -2.41. The molecule has 0 saturated heterocycles. The van der Waals surface area contributed by atoms with Crippen LogP contribution in [0.4, 0.5) is 0 Å². The van der Waals surface area contributed by atoms with E-state index in [1.165, 1.54) is 0 Å². The third-order valence-electron chi connectivity index (χ3n) is 3.03. The predicted molar refractivity (Wildman–Crippen MR) is 66.9 cm³/mol. The molecule has 2 rings (SSSR count). The molecule has 1 aromatic rings. The molecule has 1 N–H and O–H groups in total. The van der Waals surface area contributed by atoms with Gasteiger partial charge in [-0.05, 0) is 19.9 Å². The average Bonchev–Trinajstić information content (AvgIpc) is 2.27. The van der Waals surface area contributed by atoms with E-state index in [9.17, 15) is 4.79 Å². The smallest absolute Gasteiger partial charge is 0.220 e. The van der Waals surface area contributed by atoms with E-state index < -0.39 is 0 Å². The Labute approximate surface area is 102 Å². The number of rotatable bonds is 2. The van der Waals surface area contributed by atoms with Gasteiger partial charge in [0.25, 0.3) is 0 Å². The second-order valence-corrected chi connectivity index (χ2v) is 5.08. The summed E-state index contributed by atoms with van der Waals surface area (Å²) < 4.78 is 5.91. The highest BCUT2D eigenvalue weighted by Crippen LogP contribution is 2.39. The van der Waals surface area contributed by atoms with Gasteiger partial charge in [-0.15, -0.1) is 0 Å². The van der Waals surface area contributed by atoms with Crippen molar-refractivity contribution in [3.05, 3.63) is 29.8 Å². The number of hydrogen-bond acceptors (Lipinski definition) is 2. The Bertz CT molecular complexity index is 426. The van der Waals surface area contributed by atoms with E-state index in [0.29, 0.717) is 6.42 Å². The molecule has 0 bridgehead atoms. The maximum absolute atomic E-state index is 11.5. The van der Waals surface area contributed by atoms with E-state index in [4.69, 9.17) is 4.74 Å². The van der Waals surface area contributed by atoms with Crippen molar-refractivity contribution in [3.8, 4) is 5.75 Å². The molecule has 1 aromatic carbocycles. The molecule has 0 saturated carbocycles. The number of hydrogen-bond donors (Lipinski definition) is 1. The van der Waals surface area contributed by atoms with Crippen LogP contribution in [0.25, 0.3) is 0 Å². The van der Waals surface area contributed by atoms with Crippen LogP contribution in [0.1, 0.15) is 45.2 Å². The topological polar surface area (TPSA) is 38.3 Å². The van der Waals surface area contributed by atoms with Crippen LogP contribution < -0.4 is 10.1 Å². The molecule has 1 unspecified atom stereocenters. The molecule has 0 spiro atoms. The Hall–Kier alpha value is -1.51. The largest absolute Gasteiger partial charge is 0.487 e. The SMILES string of the molecule is CCC(=O)NC1CC(C)(C)Oc2ccccc21. The minimum atomic E-state index is -0.236. The van der Waals surface area contributed by atoms with E-state index in [0.717, 1.165) is 17.7 Å². The number of nitrogens with one attached hydrogen (secondary N) is 1. The number of carbonyl (C=O) groups is 1. The van der Waals surface area contributed by atoms with Crippen molar-refractivity contribution in [1.82, 2.24) is 5.32 Å². The lowest BCUT2D eigenvalue weighted by Gasteiger charge is -2.37. The van der Waals surface area contributed by atoms with Crippen molar-refractivity contribution in [2.45, 2.75) is 45.3 Å². The second-order valence-electron chi connectivity index (χ2n) is 5.08. The zero-order valence-electron chi connectivity index (χ0n) is 10.6. The van der Waals surface area contributed by atoms with Gasteiger partial charge in [-0.1, -0.05) is 25.1 Å². The second kappa shape index (κ2) is 4.40. The summed E-state index contributed by atoms with van der Waals surface area (Å²) in [6.45, 7) is 5.97. The standard InChI is InChI=1S/C14H19NO2/c1-4-13(16)15-11-9-14(2,3)17-12-8-6-5-7-10(11)12/h5-8,11H,4,9H2,1-3H3,(H,15,16). The normalized spacial score (nSPS) is 21.2. The Balaban J connectivity index is 2.29. The summed E-state index contributed by atoms with van der Waals surface area (Å²) in [4.78, 5) is 11.5. The Morgan fingerprint density at radius 2 is 2.18 bits per heavy atom. The van der Waals surface area contributed by atoms with Crippen molar-refractivity contribution in [2.24, 2.45) is 0 Å². The van der Waals surface area contributed by atoms with Gasteiger partial charge in [0, 0.05) is 18.4 Å². The van der Waals surface area contributed by atoms with E-state index >= 15 is 0 Å². The Morgan fingerprint density at radius 1 is 1.47 bits per heavy atom. The first-order chi connectivity index (χ1) is 8.02. The highest BCUT2D eigenvalue weighted by molar-refractivity contribution is 5.76. The summed E-state index contributed by atoms with van der Waals surface area (Å²) in [7, 11) is 0. The molecule has 1 amide bonds. The van der Waals surface area contributed by atoms with Gasteiger partial charge in [-0.2, -0.15) is 0 Å². The third-order valence-corrected chi connectivity index (χ3v) is 3.03. The number of amides is 1. The van der Waals surface area contributed by atoms with Crippen LogP contribution in [0.3, 0.4) is 0 Å². The maximum atomic E-state index is 11.5. The van der Waals surface area contributed by atoms with Crippen molar-refractivity contribution in [2.75, 3.05) is 0 Å². The molecule has 0 aromatic heterocycles. The summed E-state index contributed by atoms with van der Waals surface area (Å²) >= 11 is 0. The summed E-state index contributed by atoms with van der Waals surface area (Å²) in [5.74, 6) is 0.965. The molecule has 3 heteroatoms. The molecular formula is C14H19NO2. The van der Waals surface area contributed by atoms with Crippen molar-refractivity contribution >= 4 is 5.91 Å². The van der Waals surface area contributed by atoms with Gasteiger partial charge in [0.2, 0.25) is 5.91 Å². The van der Waals surface area contributed by atoms with Crippen LogP contribution in [0.2, 0.25) is 0 Å². The van der Waals surface area contributed by atoms with Gasteiger partial charge < -0.3 is 10.1 Å². The van der Waals surface area contributed by atoms with Gasteiger partial charge in [0.1, 0.15) is 11.4 Å². The van der Waals surface area contributed by atoms with E-state index in [1.807, 2.05) is 45.0 Å². The number of carbonyl (C=O) groups excluding carboxylic acids is 1. The summed E-state index contributed by atoms with van der Waals surface area (Å²) in [6, 6.07) is 7.97. The molecule has 1 aliphatic heterocycles. The minimum Gasteiger partial charge on any atom is -0.487 e. The zero-order chi connectivity index (χ0) is 12.5. The summed E-state index contributed by atoms with van der Waals surface area (Å²) in [5, 5.41) is 3.06. The van der Waals surface area contributed by atoms with Crippen LogP contribution in [0, 0.1) is 0 Å². The lowest BCUT2D eigenvalue weighted by atomic mass is 9.89. The highest BCUT2D eigenvalue weighted by atomic mass is 16.5. The van der Waals surface area contributed by atoms with Crippen LogP contribution in [0.5, 0.6) is 5.75 Å². The molecule has 92 valence electrons. The van der Waals surface area contributed by atoms with Crippen LogP contribution in [0.15, 0.2) is 24.3 Å². The van der Waals surface area contributed by atoms with Gasteiger partial charge in [0.05, 0.1) is 6.04 Å². The number of ether oxygens (including phenoxy) is 1. The molecule has 3 nitrogen and oxygen atoms in total. The third kappa shape index (κ3) is 2.60. The minimum absolute atomic E-state index is 0.0578. The first-order valence-corrected chi connectivity index (χ1v) is 6.09. The number of benzene rings is 1. The van der Waals surface area contributed by atoms with Gasteiger partial charge in [-0.3, -0.25) is 4.79 Å². The molecule has 0 aliphatic carbocycles. The molecule has 17 heavy (non-hydrogen) atoms. The Morgan fingerprint density at radius 3 is 2.88 bits per heavy atom. The monoisotopic (exact) mass is 233 g/mol. The number of fused-ring (bicyclic) bond motifs is 1. The van der Waals surface area contributed by atoms with Gasteiger partial charge in [-0.25, -0.2) is 0 Å². The molecule has 0 fully saturated rings. The van der Waals surface area contributed by atoms with E-state index in [1.54, 1.807) is 0 Å². The zero-order valence-corrected chi connectivity index (χ0v) is 10.6. The van der Waals surface area contributed by atoms with E-state index in [2.05, 4.69) is 5.32 Å². The lowest BCUT2D eigenvalue weighted by molar-refractivity contribution is -0.122. The summed E-state index contributed by atoms with van der Waals surface area (Å²) in [6.07, 6.45) is 1.32. The molecule has 1 atom stereocenters. The van der Waals surface area contributed by atoms with Crippen molar-refractivity contribution in [1.29, 1.82) is 0 Å². The van der Waals surface area contributed by atoms with Crippen LogP contribution in [-0.2, 0) is 4.79 Å². The van der Waals surface area contributed by atoms with E-state index in [-0.39, 0.29) is 17.6 Å². The molecule has 0 radical (unpaired) electrons. The summed E-state index contributed by atoms with van der Waals surface area (Å²) in [5.41, 5.74) is 0.841. The fourth-order valence-corrected chi connectivity index (χ4v) is 2.23. The van der Waals surface area contributed by atoms with Crippen LogP contribution >= 0.6 is 0 Å².